The number of aromatic nitrogens is 5. The van der Waals surface area contributed by atoms with Crippen molar-refractivity contribution < 1.29 is 32.9 Å². The van der Waals surface area contributed by atoms with Gasteiger partial charge in [0, 0.05) is 105 Å². The van der Waals surface area contributed by atoms with Crippen molar-refractivity contribution in [2.75, 3.05) is 4.90 Å². The van der Waals surface area contributed by atoms with E-state index in [-0.39, 0.29) is 82.5 Å². The SMILES string of the molecule is [2H]c1c([2H])c([2H])c2c(c1[2H])c1c([2H])c([2H])c([2H])c([2H])c1n2-c1ccc2c(c1)N(c1c(-c3ccccc3)cc(C(C)(C)C)cc1-c1ccccc1)c1c3c(cc4[nH]c5c(-c6ccccc6-c6ccccc6-c6ccccc6)cccc5c14)-n1c4ccc(-n5c6c([2H])c([2H])c([2H])c([2H])c6c6c([2H])c([2H])c([2H])c([2H])c65)cc4c4cc(-n5c6c([2H])c([2H])c([2H])c([2H])c6c6c([2H])c([2H])c([2H])c([2H])c65)cc(c41)B23. The number of hydrogen-bond donors (Lipinski definition) is 1. The van der Waals surface area contributed by atoms with Crippen molar-refractivity contribution in [1.29, 1.82) is 0 Å². The summed E-state index contributed by atoms with van der Waals surface area (Å²) in [5.74, 6) is 0. The highest BCUT2D eigenvalue weighted by Crippen LogP contribution is 2.55. The van der Waals surface area contributed by atoms with Crippen molar-refractivity contribution in [3.05, 3.63) is 375 Å². The molecule has 7 heteroatoms. The van der Waals surface area contributed by atoms with Crippen LogP contribution in [0.4, 0.5) is 17.1 Å². The van der Waals surface area contributed by atoms with Gasteiger partial charge in [0.1, 0.15) is 0 Å². The van der Waals surface area contributed by atoms with Gasteiger partial charge in [-0.05, 0) is 163 Å². The molecule has 0 atom stereocenters. The van der Waals surface area contributed by atoms with Gasteiger partial charge >= 0.3 is 0 Å². The second-order valence-corrected chi connectivity index (χ2v) is 30.1. The molecule has 528 valence electrons. The lowest BCUT2D eigenvalue weighted by Crippen LogP contribution is -2.60. The van der Waals surface area contributed by atoms with E-state index < -0.39 is 157 Å². The topological polar surface area (TPSA) is 38.8 Å². The van der Waals surface area contributed by atoms with Crippen molar-refractivity contribution in [2.45, 2.75) is 26.2 Å². The summed E-state index contributed by atoms with van der Waals surface area (Å²) in [6.45, 7) is 5.37. The van der Waals surface area contributed by atoms with E-state index in [4.69, 9.17) is 2.74 Å². The first-order valence-electron chi connectivity index (χ1n) is 49.5. The summed E-state index contributed by atoms with van der Waals surface area (Å²) in [6, 6.07) is 59.5. The summed E-state index contributed by atoms with van der Waals surface area (Å²) >= 11 is 0. The van der Waals surface area contributed by atoms with Crippen LogP contribution in [0.2, 0.25) is 0 Å². The molecule has 6 nitrogen and oxygen atoms in total. The zero-order valence-electron chi connectivity index (χ0n) is 84.7. The molecule has 22 aromatic rings. The summed E-state index contributed by atoms with van der Waals surface area (Å²) in [4.78, 5) is 6.38. The van der Waals surface area contributed by atoms with Crippen LogP contribution in [0.15, 0.2) is 369 Å². The molecule has 0 fully saturated rings. The number of rotatable bonds is 9. The minimum Gasteiger partial charge on any atom is -0.354 e. The zero-order chi connectivity index (χ0) is 95.4. The molecule has 0 aliphatic carbocycles. The smallest absolute Gasteiger partial charge is 0.252 e. The second kappa shape index (κ2) is 24.1. The number of anilines is 3. The average molecular weight is 1460 g/mol. The number of H-pyrrole nitrogens is 1. The van der Waals surface area contributed by atoms with Crippen LogP contribution in [0.1, 0.15) is 59.2 Å². The predicted octanol–water partition coefficient (Wildman–Crippen LogP) is 26.0. The average Bonchev–Trinajstić information content (AvgIpc) is 1.57. The van der Waals surface area contributed by atoms with Crippen LogP contribution in [0.25, 0.3) is 187 Å². The predicted molar refractivity (Wildman–Crippen MR) is 478 cm³/mol. The van der Waals surface area contributed by atoms with Gasteiger partial charge in [0.05, 0.1) is 93.9 Å². The normalized spacial score (nSPS) is 15.7. The van der Waals surface area contributed by atoms with Gasteiger partial charge in [-0.1, -0.05) is 293 Å². The Hall–Kier alpha value is -14.4. The largest absolute Gasteiger partial charge is 0.354 e. The number of nitrogens with one attached hydrogen (secondary N) is 1. The van der Waals surface area contributed by atoms with Crippen molar-refractivity contribution in [1.82, 2.24) is 23.3 Å². The maximum Gasteiger partial charge on any atom is 0.252 e. The fraction of sp³-hybridized carbons (Fsp3) is 0.0377. The van der Waals surface area contributed by atoms with Gasteiger partial charge < -0.3 is 28.2 Å². The molecule has 1 N–H and O–H groups in total. The van der Waals surface area contributed by atoms with Crippen LogP contribution in [-0.2, 0) is 5.41 Å². The van der Waals surface area contributed by atoms with Crippen LogP contribution >= 0.6 is 0 Å². The molecular weight excluding hydrogens is 1370 g/mol. The molecule has 24 rings (SSSR count). The quantitative estimate of drug-likeness (QED) is 0.144. The van der Waals surface area contributed by atoms with Gasteiger partial charge in [0.25, 0.3) is 6.71 Å². The van der Waals surface area contributed by atoms with E-state index in [0.717, 1.165) is 66.6 Å². The minimum absolute atomic E-state index is 0.118. The summed E-state index contributed by atoms with van der Waals surface area (Å²) < 4.78 is 236. The molecule has 2 aliphatic heterocycles. The number of benzene rings is 17. The second-order valence-electron chi connectivity index (χ2n) is 30.1. The number of fused-ring (bicyclic) bond motifs is 20. The molecule has 113 heavy (non-hydrogen) atoms. The number of nitrogens with zero attached hydrogens (tertiary/aromatic N) is 5. The van der Waals surface area contributed by atoms with E-state index in [1.165, 1.54) is 13.7 Å². The molecule has 0 bridgehead atoms. The highest BCUT2D eigenvalue weighted by Gasteiger charge is 2.46. The van der Waals surface area contributed by atoms with Crippen LogP contribution in [0, 0.1) is 0 Å². The molecule has 0 spiro atoms. The summed E-state index contributed by atoms with van der Waals surface area (Å²) in [5.41, 5.74) is 14.6. The van der Waals surface area contributed by atoms with Gasteiger partial charge in [-0.15, -0.1) is 0 Å². The molecule has 2 aliphatic rings. The Morgan fingerprint density at radius 1 is 0.301 bits per heavy atom. The third kappa shape index (κ3) is 9.19. The fourth-order valence-corrected chi connectivity index (χ4v) is 18.4. The summed E-state index contributed by atoms with van der Waals surface area (Å²) in [5, 5.41) is 1.11. The highest BCUT2D eigenvalue weighted by atomic mass is 15.2. The Balaban J connectivity index is 0.940. The Bertz CT molecular complexity index is 9050. The minimum atomic E-state index is -1.09. The maximum absolute atomic E-state index is 10.1. The maximum atomic E-state index is 10.1. The highest BCUT2D eigenvalue weighted by molar-refractivity contribution is 7.00. The number of hydrogen-bond acceptors (Lipinski definition) is 1. The van der Waals surface area contributed by atoms with Gasteiger partial charge in [0.15, 0.2) is 0 Å². The van der Waals surface area contributed by atoms with E-state index in [9.17, 15) is 30.2 Å². The standard InChI is InChI=1S/C106H71BN6/c1-106(2,3)68-58-84(66-32-9-5-10-33-66)103(85(59-68)67-34-11-6-12-35-67)113-98-63-70(110-93-50-25-19-42-78(93)79-43-20-26-51-94(79)110)54-56-88(98)107-89-62-71(111-95-52-27-21-44-80(95)81-45-22-28-53-96(81)111)61-87-86-60-69(109-91-48-23-17-40-76(91)77-41-18-24-49-92(77)109)55-57-97(86)112(104(87)89)99-64-90-100(105(113)101(99)107)83-47-29-46-82(102(83)108-90)75-39-16-15-38-74(75)73-37-14-13-36-72(73)65-30-7-4-8-31-65/h4-64,108H,1-3H3/i17D,18D,19D,20D,21D,22D,23D,24D,25D,26D,27D,28D,40D,41D,42D,43D,44D,45D,48D,49D,50D,51D,52D,53D. The first-order chi connectivity index (χ1) is 65.7. The van der Waals surface area contributed by atoms with E-state index in [0.29, 0.717) is 77.4 Å². The fourth-order valence-electron chi connectivity index (χ4n) is 18.4. The molecule has 0 saturated heterocycles. The molecule has 17 aromatic carbocycles. The van der Waals surface area contributed by atoms with E-state index in [2.05, 4.69) is 126 Å². The third-order valence-electron chi connectivity index (χ3n) is 23.2. The molecule has 0 unspecified atom stereocenters. The molecule has 0 saturated carbocycles. The van der Waals surface area contributed by atoms with Crippen LogP contribution in [0.5, 0.6) is 0 Å². The van der Waals surface area contributed by atoms with Gasteiger partial charge in [0.2, 0.25) is 0 Å². The Labute approximate surface area is 687 Å². The van der Waals surface area contributed by atoms with Gasteiger partial charge in [-0.25, -0.2) is 0 Å². The third-order valence-corrected chi connectivity index (χ3v) is 23.2. The first-order valence-corrected chi connectivity index (χ1v) is 37.5. The Morgan fingerprint density at radius 2 is 0.726 bits per heavy atom. The van der Waals surface area contributed by atoms with Crippen LogP contribution < -0.4 is 21.3 Å². The van der Waals surface area contributed by atoms with Crippen molar-refractivity contribution >= 4 is 149 Å². The molecular formula is C106H71BN6. The lowest BCUT2D eigenvalue weighted by Gasteiger charge is -2.43. The van der Waals surface area contributed by atoms with Gasteiger partial charge in [-0.2, -0.15) is 0 Å². The Kier molecular flexibility index (Phi) is 9.43. The number of aromatic amines is 1. The molecule has 0 radical (unpaired) electrons. The van der Waals surface area contributed by atoms with Crippen molar-refractivity contribution in [3.8, 4) is 78.4 Å². The van der Waals surface area contributed by atoms with Gasteiger partial charge in [-0.3, -0.25) is 0 Å². The van der Waals surface area contributed by atoms with Crippen molar-refractivity contribution in [2.24, 2.45) is 0 Å². The molecule has 5 aromatic heterocycles. The molecule has 0 amide bonds. The van der Waals surface area contributed by atoms with Crippen LogP contribution in [-0.4, -0.2) is 30.0 Å². The first kappa shape index (κ1) is 44.3. The monoisotopic (exact) mass is 1460 g/mol. The van der Waals surface area contributed by atoms with E-state index >= 15 is 0 Å². The lowest BCUT2D eigenvalue weighted by molar-refractivity contribution is 0.591. The zero-order valence-corrected chi connectivity index (χ0v) is 60.7. The summed E-state index contributed by atoms with van der Waals surface area (Å²) in [6.07, 6.45) is 0. The van der Waals surface area contributed by atoms with E-state index in [1.54, 1.807) is 24.3 Å². The lowest BCUT2D eigenvalue weighted by atomic mass is 9.33. The Morgan fingerprint density at radius 3 is 1.24 bits per heavy atom. The van der Waals surface area contributed by atoms with E-state index in [1.807, 2.05) is 109 Å². The van der Waals surface area contributed by atoms with Crippen LogP contribution in [0.3, 0.4) is 0 Å². The summed E-state index contributed by atoms with van der Waals surface area (Å²) in [7, 11) is 0. The van der Waals surface area contributed by atoms with Crippen molar-refractivity contribution in [3.63, 3.8) is 0 Å². The number of para-hydroxylation sites is 7. The molecule has 7 heterocycles.